The number of phenolic OH excluding ortho intramolecular Hbond substituents is 2. The summed E-state index contributed by atoms with van der Waals surface area (Å²) in [6, 6.07) is 5.08. The van der Waals surface area contributed by atoms with Gasteiger partial charge in [0.05, 0.1) is 0 Å². The highest BCUT2D eigenvalue weighted by molar-refractivity contribution is 8.76. The molecule has 0 spiro atoms. The van der Waals surface area contributed by atoms with Crippen molar-refractivity contribution >= 4 is 44.9 Å². The van der Waals surface area contributed by atoms with E-state index in [1.54, 1.807) is 0 Å². The van der Waals surface area contributed by atoms with Crippen LogP contribution < -0.4 is 22.9 Å². The molecule has 0 fully saturated rings. The SMILES string of the molecule is N=C(N)c1cc(O)cc(C(=N)N)c1SSc1c(C(=N)N)cc(O)cc1C(=N)N. The molecule has 0 saturated carbocycles. The minimum absolute atomic E-state index is 0.162. The predicted molar refractivity (Wildman–Crippen MR) is 112 cm³/mol. The third-order valence-corrected chi connectivity index (χ3v) is 6.06. The highest BCUT2D eigenvalue weighted by Gasteiger charge is 2.20. The number of nitrogens with two attached hydrogens (primary N) is 4. The van der Waals surface area contributed by atoms with Gasteiger partial charge >= 0.3 is 0 Å². The quantitative estimate of drug-likeness (QED) is 0.176. The van der Waals surface area contributed by atoms with Crippen molar-refractivity contribution in [1.29, 1.82) is 21.6 Å². The summed E-state index contributed by atoms with van der Waals surface area (Å²) in [6.07, 6.45) is 0. The van der Waals surface area contributed by atoms with Crippen LogP contribution in [0.5, 0.6) is 11.5 Å². The zero-order valence-corrected chi connectivity index (χ0v) is 16.0. The first-order valence-corrected chi connectivity index (χ1v) is 9.64. The van der Waals surface area contributed by atoms with Crippen molar-refractivity contribution in [1.82, 2.24) is 0 Å². The van der Waals surface area contributed by atoms with Gasteiger partial charge in [-0.1, -0.05) is 21.6 Å². The summed E-state index contributed by atoms with van der Waals surface area (Å²) >= 11 is 0. The largest absolute Gasteiger partial charge is 0.508 e. The minimum Gasteiger partial charge on any atom is -0.508 e. The molecule has 28 heavy (non-hydrogen) atoms. The van der Waals surface area contributed by atoms with Gasteiger partial charge in [-0.2, -0.15) is 0 Å². The van der Waals surface area contributed by atoms with E-state index in [0.717, 1.165) is 21.6 Å². The Morgan fingerprint density at radius 3 is 0.964 bits per heavy atom. The van der Waals surface area contributed by atoms with Crippen LogP contribution in [0.25, 0.3) is 0 Å². The third kappa shape index (κ3) is 4.29. The highest BCUT2D eigenvalue weighted by Crippen LogP contribution is 2.45. The van der Waals surface area contributed by atoms with Crippen molar-refractivity contribution in [3.05, 3.63) is 46.5 Å². The number of amidine groups is 4. The number of benzene rings is 2. The number of rotatable bonds is 7. The van der Waals surface area contributed by atoms with Gasteiger partial charge in [0.25, 0.3) is 0 Å². The van der Waals surface area contributed by atoms with E-state index in [-0.39, 0.29) is 57.1 Å². The number of hydrogen-bond donors (Lipinski definition) is 10. The summed E-state index contributed by atoms with van der Waals surface area (Å²) in [7, 11) is 2.08. The van der Waals surface area contributed by atoms with E-state index < -0.39 is 0 Å². The van der Waals surface area contributed by atoms with Gasteiger partial charge < -0.3 is 33.1 Å². The van der Waals surface area contributed by atoms with Crippen LogP contribution in [-0.2, 0) is 0 Å². The summed E-state index contributed by atoms with van der Waals surface area (Å²) in [4.78, 5) is 0.666. The molecule has 0 saturated heterocycles. The monoisotopic (exact) mass is 418 g/mol. The van der Waals surface area contributed by atoms with Crippen LogP contribution in [0.2, 0.25) is 0 Å². The van der Waals surface area contributed by atoms with Crippen molar-refractivity contribution in [2.45, 2.75) is 9.79 Å². The molecule has 2 aromatic carbocycles. The van der Waals surface area contributed by atoms with E-state index in [4.69, 9.17) is 44.6 Å². The average Bonchev–Trinajstić information content (AvgIpc) is 2.59. The fourth-order valence-electron chi connectivity index (χ4n) is 2.29. The second-order valence-corrected chi connectivity index (χ2v) is 7.71. The van der Waals surface area contributed by atoms with Gasteiger partial charge in [-0.25, -0.2) is 0 Å². The number of aromatic hydroxyl groups is 2. The first-order chi connectivity index (χ1) is 13.0. The first kappa shape index (κ1) is 20.9. The highest BCUT2D eigenvalue weighted by atomic mass is 33.1. The van der Waals surface area contributed by atoms with Crippen LogP contribution in [0.15, 0.2) is 34.1 Å². The molecular weight excluding hydrogens is 400 g/mol. The van der Waals surface area contributed by atoms with Crippen molar-refractivity contribution < 1.29 is 10.2 Å². The molecule has 0 aliphatic rings. The second kappa shape index (κ2) is 8.10. The average molecular weight is 419 g/mol. The van der Waals surface area contributed by atoms with Crippen molar-refractivity contribution in [2.24, 2.45) is 22.9 Å². The van der Waals surface area contributed by atoms with Crippen molar-refractivity contribution in [2.75, 3.05) is 0 Å². The maximum absolute atomic E-state index is 9.83. The normalized spacial score (nSPS) is 10.4. The Hall–Kier alpha value is -3.38. The zero-order chi connectivity index (χ0) is 21.2. The molecule has 0 unspecified atom stereocenters. The molecule has 0 aromatic heterocycles. The van der Waals surface area contributed by atoms with Crippen LogP contribution in [0.4, 0.5) is 0 Å². The van der Waals surface area contributed by atoms with Crippen LogP contribution >= 0.6 is 21.6 Å². The maximum atomic E-state index is 9.83. The van der Waals surface area contributed by atoms with Crippen LogP contribution in [0.3, 0.4) is 0 Å². The van der Waals surface area contributed by atoms with E-state index in [9.17, 15) is 10.2 Å². The summed E-state index contributed by atoms with van der Waals surface area (Å²) in [5, 5.41) is 50.6. The van der Waals surface area contributed by atoms with E-state index >= 15 is 0 Å². The van der Waals surface area contributed by atoms with Gasteiger partial charge in [-0.15, -0.1) is 0 Å². The van der Waals surface area contributed by atoms with Crippen molar-refractivity contribution in [3.8, 4) is 11.5 Å². The smallest absolute Gasteiger partial charge is 0.124 e. The molecule has 2 aromatic rings. The number of hydrogen-bond acceptors (Lipinski definition) is 8. The van der Waals surface area contributed by atoms with Gasteiger partial charge in [-0.05, 0) is 24.3 Å². The predicted octanol–water partition coefficient (Wildman–Crippen LogP) is 1.03. The fraction of sp³-hybridized carbons (Fsp3) is 0. The number of nitrogen functional groups attached to an aromatic ring is 4. The van der Waals surface area contributed by atoms with Crippen LogP contribution in [0, 0.1) is 21.6 Å². The summed E-state index contributed by atoms with van der Waals surface area (Å²) in [5.74, 6) is -1.78. The molecule has 0 aliphatic heterocycles. The molecule has 146 valence electrons. The minimum atomic E-state index is -0.342. The molecule has 0 radical (unpaired) electrons. The zero-order valence-electron chi connectivity index (χ0n) is 14.3. The van der Waals surface area contributed by atoms with Crippen LogP contribution in [-0.4, -0.2) is 33.6 Å². The lowest BCUT2D eigenvalue weighted by molar-refractivity contribution is 0.474. The Balaban J connectivity index is 2.62. The molecule has 10 nitrogen and oxygen atoms in total. The Morgan fingerprint density at radius 2 is 0.786 bits per heavy atom. The third-order valence-electron chi connectivity index (χ3n) is 3.52. The van der Waals surface area contributed by atoms with Gasteiger partial charge in [0.15, 0.2) is 0 Å². The lowest BCUT2D eigenvalue weighted by atomic mass is 10.1. The van der Waals surface area contributed by atoms with Crippen molar-refractivity contribution in [3.63, 3.8) is 0 Å². The van der Waals surface area contributed by atoms with E-state index in [1.165, 1.54) is 24.3 Å². The topological polar surface area (TPSA) is 240 Å². The van der Waals surface area contributed by atoms with Gasteiger partial charge in [-0.3, -0.25) is 21.6 Å². The maximum Gasteiger partial charge on any atom is 0.124 e. The molecule has 2 rings (SSSR count). The Labute approximate surface area is 167 Å². The fourth-order valence-corrected chi connectivity index (χ4v) is 5.07. The second-order valence-electron chi connectivity index (χ2n) is 5.56. The van der Waals surface area contributed by atoms with E-state index in [2.05, 4.69) is 0 Å². The Kier molecular flexibility index (Phi) is 6.06. The lowest BCUT2D eigenvalue weighted by Gasteiger charge is -2.16. The number of phenols is 2. The van der Waals surface area contributed by atoms with Gasteiger partial charge in [0.1, 0.15) is 34.8 Å². The van der Waals surface area contributed by atoms with E-state index in [0.29, 0.717) is 9.79 Å². The van der Waals surface area contributed by atoms with Gasteiger partial charge in [0, 0.05) is 32.0 Å². The molecule has 0 heterocycles. The number of nitrogens with one attached hydrogen (secondary N) is 4. The Bertz CT molecular complexity index is 870. The molecule has 0 bridgehead atoms. The lowest BCUT2D eigenvalue weighted by Crippen LogP contribution is -2.18. The summed E-state index contributed by atoms with van der Waals surface area (Å²) < 4.78 is 0. The Morgan fingerprint density at radius 1 is 0.571 bits per heavy atom. The van der Waals surface area contributed by atoms with Crippen LogP contribution in [0.1, 0.15) is 22.3 Å². The molecule has 0 amide bonds. The first-order valence-electron chi connectivity index (χ1n) is 7.49. The van der Waals surface area contributed by atoms with Gasteiger partial charge in [0.2, 0.25) is 0 Å². The molecule has 0 aliphatic carbocycles. The summed E-state index contributed by atoms with van der Waals surface area (Å²) in [5.41, 5.74) is 23.0. The molecule has 0 atom stereocenters. The van der Waals surface area contributed by atoms with E-state index in [1.807, 2.05) is 0 Å². The molecule has 12 heteroatoms. The summed E-state index contributed by atoms with van der Waals surface area (Å²) in [6.45, 7) is 0. The standard InChI is InChI=1S/C16H18N8O2S2/c17-13(18)7-1-5(25)2-8(14(19)20)11(7)27-28-12-9(15(21)22)3-6(26)4-10(12)16(23)24/h1-4,25-26H,(H3,17,18)(H3,19,20)(H3,21,22)(H3,23,24). The molecular formula is C16H18N8O2S2. The molecule has 14 N–H and O–H groups in total.